The van der Waals surface area contributed by atoms with Gasteiger partial charge in [-0.3, -0.25) is 4.79 Å². The number of methoxy groups -OCH3 is 1. The van der Waals surface area contributed by atoms with Crippen LogP contribution in [0.3, 0.4) is 0 Å². The van der Waals surface area contributed by atoms with Gasteiger partial charge in [0.1, 0.15) is 11.6 Å². The van der Waals surface area contributed by atoms with Gasteiger partial charge in [-0.15, -0.1) is 22.9 Å². The highest BCUT2D eigenvalue weighted by Crippen LogP contribution is 2.37. The van der Waals surface area contributed by atoms with Crippen LogP contribution in [0.1, 0.15) is 13.3 Å². The lowest BCUT2D eigenvalue weighted by Crippen LogP contribution is -2.27. The van der Waals surface area contributed by atoms with Crippen LogP contribution in [-0.4, -0.2) is 52.1 Å². The van der Waals surface area contributed by atoms with Crippen LogP contribution in [0.5, 0.6) is 5.75 Å². The van der Waals surface area contributed by atoms with Crippen molar-refractivity contribution in [3.63, 3.8) is 0 Å². The molecule has 2 heterocycles. The number of aromatic nitrogens is 1. The number of thiazole rings is 1. The quantitative estimate of drug-likeness (QED) is 0.314. The normalized spacial score (nSPS) is 11.7. The standard InChI is InChI=1S/C19H22ClN3O6S2/c1-3-7-28-8-6-21-31(25,26)16-5-4-14(27-2)18-12(16)9-15(29-18)13-11-30-19(22-13)23-17(24)10-20/h4-5,9,11,21H,3,6-8,10H2,1-2H3,(H,22,23,24). The molecule has 1 amide bonds. The van der Waals surface area contributed by atoms with Crippen LogP contribution < -0.4 is 14.8 Å². The van der Waals surface area contributed by atoms with Crippen molar-refractivity contribution in [2.45, 2.75) is 18.2 Å². The second-order valence-corrected chi connectivity index (χ2v) is 9.21. The molecule has 0 aliphatic heterocycles. The molecule has 0 saturated carbocycles. The highest BCUT2D eigenvalue weighted by atomic mass is 35.5. The Morgan fingerprint density at radius 2 is 2.13 bits per heavy atom. The maximum absolute atomic E-state index is 12.9. The van der Waals surface area contributed by atoms with Gasteiger partial charge in [-0.25, -0.2) is 18.1 Å². The van der Waals surface area contributed by atoms with Crippen molar-refractivity contribution in [3.8, 4) is 17.2 Å². The van der Waals surface area contributed by atoms with Crippen LogP contribution in [0.2, 0.25) is 0 Å². The fourth-order valence-electron chi connectivity index (χ4n) is 2.76. The summed E-state index contributed by atoms with van der Waals surface area (Å²) in [5.74, 6) is 0.160. The maximum atomic E-state index is 12.9. The number of hydrogen-bond acceptors (Lipinski definition) is 8. The molecule has 2 N–H and O–H groups in total. The zero-order valence-electron chi connectivity index (χ0n) is 16.9. The average Bonchev–Trinajstić information content (AvgIpc) is 3.39. The smallest absolute Gasteiger partial charge is 0.241 e. The molecule has 1 aromatic carbocycles. The fourth-order valence-corrected chi connectivity index (χ4v) is 4.74. The van der Waals surface area contributed by atoms with Crippen molar-refractivity contribution in [1.29, 1.82) is 0 Å². The molecule has 12 heteroatoms. The number of furan rings is 1. The number of ether oxygens (including phenoxy) is 2. The summed E-state index contributed by atoms with van der Waals surface area (Å²) in [5, 5.41) is 4.96. The summed E-state index contributed by atoms with van der Waals surface area (Å²) >= 11 is 6.69. The second kappa shape index (κ2) is 10.4. The molecule has 3 rings (SSSR count). The van der Waals surface area contributed by atoms with Crippen molar-refractivity contribution in [2.75, 3.05) is 38.1 Å². The third kappa shape index (κ3) is 5.55. The minimum absolute atomic E-state index is 0.0553. The van der Waals surface area contributed by atoms with Crippen LogP contribution in [0.15, 0.2) is 32.9 Å². The van der Waals surface area contributed by atoms with E-state index in [0.29, 0.717) is 34.3 Å². The van der Waals surface area contributed by atoms with Crippen LogP contribution in [0.4, 0.5) is 5.13 Å². The molecule has 0 spiro atoms. The van der Waals surface area contributed by atoms with Crippen molar-refractivity contribution < 1.29 is 27.1 Å². The van der Waals surface area contributed by atoms with Gasteiger partial charge in [-0.05, 0) is 24.6 Å². The number of sulfonamides is 1. The maximum Gasteiger partial charge on any atom is 0.241 e. The number of fused-ring (bicyclic) bond motifs is 1. The monoisotopic (exact) mass is 487 g/mol. The number of anilines is 1. The molecule has 0 fully saturated rings. The summed E-state index contributed by atoms with van der Waals surface area (Å²) in [7, 11) is -2.35. The second-order valence-electron chi connectivity index (χ2n) is 6.35. The minimum Gasteiger partial charge on any atom is -0.493 e. The number of carbonyl (C=O) groups is 1. The Bertz CT molecular complexity index is 1160. The van der Waals surface area contributed by atoms with Crippen molar-refractivity contribution >= 4 is 55.0 Å². The number of rotatable bonds is 11. The van der Waals surface area contributed by atoms with Crippen molar-refractivity contribution in [1.82, 2.24) is 9.71 Å². The van der Waals surface area contributed by atoms with Crippen LogP contribution >= 0.6 is 22.9 Å². The molecule has 3 aromatic rings. The third-order valence-electron chi connectivity index (χ3n) is 4.13. The van der Waals surface area contributed by atoms with Crippen molar-refractivity contribution in [3.05, 3.63) is 23.6 Å². The number of alkyl halides is 1. The molecular formula is C19H22ClN3O6S2. The number of carbonyl (C=O) groups excluding carboxylic acids is 1. The molecule has 31 heavy (non-hydrogen) atoms. The van der Waals surface area contributed by atoms with E-state index in [9.17, 15) is 13.2 Å². The molecule has 0 saturated heterocycles. The summed E-state index contributed by atoms with van der Waals surface area (Å²) in [6.07, 6.45) is 0.859. The van der Waals surface area contributed by atoms with Gasteiger partial charge >= 0.3 is 0 Å². The largest absolute Gasteiger partial charge is 0.493 e. The van der Waals surface area contributed by atoms with E-state index in [0.717, 1.165) is 6.42 Å². The number of hydrogen-bond donors (Lipinski definition) is 2. The Labute approximate surface area is 188 Å². The van der Waals surface area contributed by atoms with E-state index in [1.807, 2.05) is 6.92 Å². The summed E-state index contributed by atoms with van der Waals surface area (Å²) in [5.41, 5.74) is 0.722. The average molecular weight is 488 g/mol. The number of nitrogens with zero attached hydrogens (tertiary/aromatic N) is 1. The van der Waals surface area contributed by atoms with E-state index < -0.39 is 10.0 Å². The zero-order valence-corrected chi connectivity index (χ0v) is 19.3. The van der Waals surface area contributed by atoms with E-state index in [2.05, 4.69) is 15.0 Å². The minimum atomic E-state index is -3.82. The lowest BCUT2D eigenvalue weighted by Gasteiger charge is -2.09. The van der Waals surface area contributed by atoms with Crippen LogP contribution in [0.25, 0.3) is 22.4 Å². The summed E-state index contributed by atoms with van der Waals surface area (Å²) in [4.78, 5) is 15.8. The highest BCUT2D eigenvalue weighted by Gasteiger charge is 2.23. The molecule has 0 unspecified atom stereocenters. The number of halogens is 1. The van der Waals surface area contributed by atoms with Gasteiger partial charge in [0, 0.05) is 23.9 Å². The molecule has 0 aliphatic rings. The van der Waals surface area contributed by atoms with Gasteiger partial charge in [0.05, 0.1) is 18.6 Å². The Balaban J connectivity index is 1.93. The van der Waals surface area contributed by atoms with Crippen molar-refractivity contribution in [2.24, 2.45) is 0 Å². The first-order valence-electron chi connectivity index (χ1n) is 9.39. The Morgan fingerprint density at radius 3 is 2.84 bits per heavy atom. The molecule has 0 bridgehead atoms. The summed E-state index contributed by atoms with van der Waals surface area (Å²) in [6, 6.07) is 4.58. The van der Waals surface area contributed by atoms with Crippen LogP contribution in [0, 0.1) is 0 Å². The molecule has 0 aliphatic carbocycles. The molecule has 0 atom stereocenters. The topological polar surface area (TPSA) is 120 Å². The van der Waals surface area contributed by atoms with Gasteiger partial charge in [0.25, 0.3) is 0 Å². The van der Waals surface area contributed by atoms with Gasteiger partial charge < -0.3 is 19.2 Å². The number of nitrogens with one attached hydrogen (secondary N) is 2. The van der Waals surface area contributed by atoms with Gasteiger partial charge in [0.15, 0.2) is 22.2 Å². The van der Waals surface area contributed by atoms with Gasteiger partial charge in [-0.2, -0.15) is 0 Å². The van der Waals surface area contributed by atoms with Gasteiger partial charge in [-0.1, -0.05) is 6.92 Å². The Kier molecular flexibility index (Phi) is 7.89. The third-order valence-corrected chi connectivity index (χ3v) is 6.65. The molecule has 168 valence electrons. The predicted octanol–water partition coefficient (Wildman–Crippen LogP) is 3.45. The lowest BCUT2D eigenvalue weighted by atomic mass is 10.2. The SMILES string of the molecule is CCCOCCNS(=O)(=O)c1ccc(OC)c2oc(-c3csc(NC(=O)CCl)n3)cc12. The lowest BCUT2D eigenvalue weighted by molar-refractivity contribution is -0.113. The molecular weight excluding hydrogens is 466 g/mol. The predicted molar refractivity (Wildman–Crippen MR) is 120 cm³/mol. The first-order chi connectivity index (χ1) is 14.9. The van der Waals surface area contributed by atoms with Crippen LogP contribution in [-0.2, 0) is 19.6 Å². The molecule has 9 nitrogen and oxygen atoms in total. The van der Waals surface area contributed by atoms with E-state index in [1.54, 1.807) is 11.4 Å². The summed E-state index contributed by atoms with van der Waals surface area (Å²) < 4.78 is 44.8. The van der Waals surface area contributed by atoms with E-state index in [-0.39, 0.29) is 35.4 Å². The Hall–Kier alpha value is -2.18. The first kappa shape index (κ1) is 23.5. The summed E-state index contributed by atoms with van der Waals surface area (Å²) in [6.45, 7) is 2.97. The van der Waals surface area contributed by atoms with E-state index >= 15 is 0 Å². The molecule has 0 radical (unpaired) electrons. The number of benzene rings is 1. The molecule has 2 aromatic heterocycles. The zero-order chi connectivity index (χ0) is 22.4. The van der Waals surface area contributed by atoms with E-state index in [4.69, 9.17) is 25.5 Å². The van der Waals surface area contributed by atoms with Gasteiger partial charge in [0.2, 0.25) is 15.9 Å². The van der Waals surface area contributed by atoms with E-state index in [1.165, 1.54) is 30.6 Å². The fraction of sp³-hybridized carbons (Fsp3) is 0.368. The Morgan fingerprint density at radius 1 is 1.32 bits per heavy atom. The first-order valence-corrected chi connectivity index (χ1v) is 12.3. The number of amides is 1. The highest BCUT2D eigenvalue weighted by molar-refractivity contribution is 7.89.